The van der Waals surface area contributed by atoms with Gasteiger partial charge in [0.1, 0.15) is 5.82 Å². The molecule has 4 N–H and O–H groups in total. The molecule has 1 aromatic rings. The van der Waals surface area contributed by atoms with Crippen molar-refractivity contribution in [3.63, 3.8) is 0 Å². The molecule has 0 saturated carbocycles. The number of aromatic amines is 1. The van der Waals surface area contributed by atoms with E-state index in [-0.39, 0.29) is 12.6 Å². The molecule has 0 aliphatic heterocycles. The van der Waals surface area contributed by atoms with Crippen LogP contribution < -0.4 is 5.73 Å². The van der Waals surface area contributed by atoms with Gasteiger partial charge < -0.3 is 15.8 Å². The highest BCUT2D eigenvalue weighted by atomic mass is 16.3. The van der Waals surface area contributed by atoms with Gasteiger partial charge in [0, 0.05) is 6.20 Å². The van der Waals surface area contributed by atoms with Crippen LogP contribution in [0.15, 0.2) is 6.20 Å². The number of hydrogen-bond donors (Lipinski definition) is 3. The molecule has 0 aromatic carbocycles. The molecule has 4 nitrogen and oxygen atoms in total. The van der Waals surface area contributed by atoms with Crippen molar-refractivity contribution in [1.29, 1.82) is 0 Å². The predicted octanol–water partition coefficient (Wildman–Crippen LogP) is -0.290. The first-order chi connectivity index (χ1) is 4.74. The number of aliphatic hydroxyl groups is 1. The average Bonchev–Trinajstić information content (AvgIpc) is 2.34. The Bertz CT molecular complexity index is 209. The molecule has 0 spiro atoms. The minimum Gasteiger partial charge on any atom is -0.394 e. The lowest BCUT2D eigenvalue weighted by atomic mass is 10.3. The van der Waals surface area contributed by atoms with Gasteiger partial charge in [-0.1, -0.05) is 0 Å². The highest BCUT2D eigenvalue weighted by molar-refractivity contribution is 5.04. The van der Waals surface area contributed by atoms with E-state index >= 15 is 0 Å². The quantitative estimate of drug-likeness (QED) is 0.529. The third-order valence-corrected chi connectivity index (χ3v) is 1.32. The second-order valence-corrected chi connectivity index (χ2v) is 2.21. The molecular formula is C6H11N3O. The Labute approximate surface area is 59.1 Å². The van der Waals surface area contributed by atoms with E-state index in [1.54, 1.807) is 6.20 Å². The van der Waals surface area contributed by atoms with Crippen molar-refractivity contribution in [2.45, 2.75) is 13.0 Å². The summed E-state index contributed by atoms with van der Waals surface area (Å²) < 4.78 is 0. The van der Waals surface area contributed by atoms with Crippen molar-refractivity contribution in [1.82, 2.24) is 9.97 Å². The van der Waals surface area contributed by atoms with Crippen LogP contribution >= 0.6 is 0 Å². The Morgan fingerprint density at radius 1 is 1.90 bits per heavy atom. The first-order valence-corrected chi connectivity index (χ1v) is 3.12. The van der Waals surface area contributed by atoms with Crippen LogP contribution in [0.3, 0.4) is 0 Å². The van der Waals surface area contributed by atoms with Crippen LogP contribution in [-0.4, -0.2) is 21.7 Å². The van der Waals surface area contributed by atoms with Gasteiger partial charge in [0.15, 0.2) is 0 Å². The minimum atomic E-state index is -0.332. The molecule has 0 bridgehead atoms. The average molecular weight is 141 g/mol. The maximum absolute atomic E-state index is 8.62. The molecule has 1 rings (SSSR count). The van der Waals surface area contributed by atoms with Gasteiger partial charge in [0.2, 0.25) is 0 Å². The van der Waals surface area contributed by atoms with E-state index in [0.29, 0.717) is 0 Å². The molecule has 0 aliphatic rings. The molecule has 1 unspecified atom stereocenters. The van der Waals surface area contributed by atoms with E-state index in [1.807, 2.05) is 6.92 Å². The smallest absolute Gasteiger partial charge is 0.103 e. The summed E-state index contributed by atoms with van der Waals surface area (Å²) in [6, 6.07) is -0.332. The van der Waals surface area contributed by atoms with Crippen molar-refractivity contribution in [3.8, 4) is 0 Å². The predicted molar refractivity (Wildman–Crippen MR) is 37.3 cm³/mol. The van der Waals surface area contributed by atoms with Crippen LogP contribution in [0.5, 0.6) is 0 Å². The molecule has 1 aromatic heterocycles. The van der Waals surface area contributed by atoms with E-state index in [0.717, 1.165) is 11.5 Å². The van der Waals surface area contributed by atoms with Crippen molar-refractivity contribution < 1.29 is 5.11 Å². The molecule has 0 radical (unpaired) electrons. The lowest BCUT2D eigenvalue weighted by molar-refractivity contribution is 0.266. The third-order valence-electron chi connectivity index (χ3n) is 1.32. The number of aryl methyl sites for hydroxylation is 1. The molecule has 0 saturated heterocycles. The fourth-order valence-corrected chi connectivity index (χ4v) is 0.727. The van der Waals surface area contributed by atoms with Gasteiger partial charge in [-0.25, -0.2) is 4.98 Å². The number of H-pyrrole nitrogens is 1. The number of aliphatic hydroxyl groups excluding tert-OH is 1. The number of imidazole rings is 1. The molecular weight excluding hydrogens is 130 g/mol. The van der Waals surface area contributed by atoms with Crippen molar-refractivity contribution in [2.24, 2.45) is 5.73 Å². The summed E-state index contributed by atoms with van der Waals surface area (Å²) in [5, 5.41) is 8.62. The zero-order valence-electron chi connectivity index (χ0n) is 5.83. The summed E-state index contributed by atoms with van der Waals surface area (Å²) in [7, 11) is 0. The highest BCUT2D eigenvalue weighted by Gasteiger charge is 2.05. The van der Waals surface area contributed by atoms with Crippen LogP contribution in [0.25, 0.3) is 0 Å². The highest BCUT2D eigenvalue weighted by Crippen LogP contribution is 2.04. The first kappa shape index (κ1) is 7.24. The van der Waals surface area contributed by atoms with Crippen LogP contribution in [0.1, 0.15) is 17.6 Å². The molecule has 1 atom stereocenters. The normalized spacial score (nSPS) is 13.5. The summed E-state index contributed by atoms with van der Waals surface area (Å²) >= 11 is 0. The second kappa shape index (κ2) is 2.81. The number of aromatic nitrogens is 2. The fraction of sp³-hybridized carbons (Fsp3) is 0.500. The molecule has 0 amide bonds. The summed E-state index contributed by atoms with van der Waals surface area (Å²) in [6.07, 6.45) is 1.64. The topological polar surface area (TPSA) is 74.9 Å². The number of nitrogens with zero attached hydrogens (tertiary/aromatic N) is 1. The molecule has 56 valence electrons. The van der Waals surface area contributed by atoms with Crippen molar-refractivity contribution in [2.75, 3.05) is 6.61 Å². The van der Waals surface area contributed by atoms with Crippen molar-refractivity contribution >= 4 is 0 Å². The van der Waals surface area contributed by atoms with Crippen LogP contribution in [0.2, 0.25) is 0 Å². The van der Waals surface area contributed by atoms with Gasteiger partial charge in [-0.2, -0.15) is 0 Å². The lowest BCUT2D eigenvalue weighted by Crippen LogP contribution is -2.14. The second-order valence-electron chi connectivity index (χ2n) is 2.21. The van der Waals surface area contributed by atoms with Crippen LogP contribution in [0, 0.1) is 6.92 Å². The first-order valence-electron chi connectivity index (χ1n) is 3.12. The zero-order chi connectivity index (χ0) is 7.56. The molecule has 1 heterocycles. The zero-order valence-corrected chi connectivity index (χ0v) is 5.83. The van der Waals surface area contributed by atoms with Gasteiger partial charge in [-0.3, -0.25) is 0 Å². The Balaban J connectivity index is 2.74. The fourth-order valence-electron chi connectivity index (χ4n) is 0.727. The molecule has 0 fully saturated rings. The van der Waals surface area contributed by atoms with Gasteiger partial charge >= 0.3 is 0 Å². The summed E-state index contributed by atoms with van der Waals surface area (Å²) in [5.74, 6) is 0.818. The number of rotatable bonds is 2. The number of nitrogens with two attached hydrogens (primary N) is 1. The van der Waals surface area contributed by atoms with Gasteiger partial charge in [0.05, 0.1) is 18.3 Å². The third kappa shape index (κ3) is 1.34. The Hall–Kier alpha value is -0.870. The Kier molecular flexibility index (Phi) is 2.03. The SMILES string of the molecule is Cc1ncc(C(N)CO)[nH]1. The van der Waals surface area contributed by atoms with E-state index in [9.17, 15) is 0 Å². The van der Waals surface area contributed by atoms with Crippen molar-refractivity contribution in [3.05, 3.63) is 17.7 Å². The van der Waals surface area contributed by atoms with Crippen LogP contribution in [-0.2, 0) is 0 Å². The van der Waals surface area contributed by atoms with E-state index in [2.05, 4.69) is 9.97 Å². The number of nitrogens with one attached hydrogen (secondary N) is 1. The molecule has 0 aliphatic carbocycles. The number of hydrogen-bond acceptors (Lipinski definition) is 3. The molecule has 10 heavy (non-hydrogen) atoms. The Morgan fingerprint density at radius 3 is 3.00 bits per heavy atom. The maximum atomic E-state index is 8.62. The maximum Gasteiger partial charge on any atom is 0.103 e. The van der Waals surface area contributed by atoms with E-state index in [1.165, 1.54) is 0 Å². The van der Waals surface area contributed by atoms with E-state index < -0.39 is 0 Å². The molecule has 4 heteroatoms. The monoisotopic (exact) mass is 141 g/mol. The van der Waals surface area contributed by atoms with Gasteiger partial charge in [-0.15, -0.1) is 0 Å². The lowest BCUT2D eigenvalue weighted by Gasteiger charge is -2.02. The summed E-state index contributed by atoms with van der Waals surface area (Å²) in [6.45, 7) is 1.79. The largest absolute Gasteiger partial charge is 0.394 e. The summed E-state index contributed by atoms with van der Waals surface area (Å²) in [4.78, 5) is 6.87. The standard InChI is InChI=1S/C6H11N3O/c1-4-8-2-6(9-4)5(7)3-10/h2,5,10H,3,7H2,1H3,(H,8,9). The van der Waals surface area contributed by atoms with Gasteiger partial charge in [-0.05, 0) is 6.92 Å². The minimum absolute atomic E-state index is 0.0539. The summed E-state index contributed by atoms with van der Waals surface area (Å²) in [5.41, 5.74) is 6.26. The Morgan fingerprint density at radius 2 is 2.60 bits per heavy atom. The van der Waals surface area contributed by atoms with E-state index in [4.69, 9.17) is 10.8 Å². The van der Waals surface area contributed by atoms with Gasteiger partial charge in [0.25, 0.3) is 0 Å². The van der Waals surface area contributed by atoms with Crippen LogP contribution in [0.4, 0.5) is 0 Å².